The van der Waals surface area contributed by atoms with E-state index < -0.39 is 0 Å². The quantitative estimate of drug-likeness (QED) is 0.325. The first kappa shape index (κ1) is 19.6. The monoisotopic (exact) mass is 403 g/mol. The van der Waals surface area contributed by atoms with E-state index in [4.69, 9.17) is 0 Å². The van der Waals surface area contributed by atoms with Gasteiger partial charge >= 0.3 is 0 Å². The minimum Gasteiger partial charge on any atom is -0.310 e. The van der Waals surface area contributed by atoms with Crippen LogP contribution in [0.25, 0.3) is 11.1 Å². The predicted molar refractivity (Wildman–Crippen MR) is 133 cm³/mol. The van der Waals surface area contributed by atoms with Gasteiger partial charge in [-0.25, -0.2) is 0 Å². The van der Waals surface area contributed by atoms with Crippen molar-refractivity contribution in [3.8, 4) is 11.1 Å². The molecule has 0 saturated carbocycles. The average Bonchev–Trinajstić information content (AvgIpc) is 2.75. The Labute approximate surface area is 186 Å². The third kappa shape index (κ3) is 3.08. The molecule has 4 aromatic carbocycles. The molecule has 1 nitrogen and oxygen atoms in total. The lowest BCUT2D eigenvalue weighted by Crippen LogP contribution is -2.30. The molecule has 0 fully saturated rings. The number of para-hydroxylation sites is 2. The summed E-state index contributed by atoms with van der Waals surface area (Å²) in [6, 6.07) is 31.3. The Balaban J connectivity index is 1.69. The standard InChI is InChI=1S/C30H29N/c1-20-14-16-24(21(2)18-20)25-17-15-23(19-22(25)3)31-28-12-8-6-10-26(28)30(4,5)27-11-7-9-13-29(27)31/h6-19H,1-5H3. The Bertz CT molecular complexity index is 1250. The van der Waals surface area contributed by atoms with Crippen LogP contribution in [0.15, 0.2) is 84.9 Å². The summed E-state index contributed by atoms with van der Waals surface area (Å²) in [6.07, 6.45) is 0. The number of aryl methyl sites for hydroxylation is 3. The molecule has 31 heavy (non-hydrogen) atoms. The van der Waals surface area contributed by atoms with Crippen molar-refractivity contribution in [2.24, 2.45) is 0 Å². The van der Waals surface area contributed by atoms with E-state index >= 15 is 0 Å². The highest BCUT2D eigenvalue weighted by atomic mass is 15.2. The van der Waals surface area contributed by atoms with Crippen LogP contribution in [0.5, 0.6) is 0 Å². The summed E-state index contributed by atoms with van der Waals surface area (Å²) < 4.78 is 0. The minimum absolute atomic E-state index is 0.0301. The highest BCUT2D eigenvalue weighted by molar-refractivity contribution is 5.87. The van der Waals surface area contributed by atoms with Crippen molar-refractivity contribution in [2.75, 3.05) is 4.90 Å². The van der Waals surface area contributed by atoms with E-state index in [0.29, 0.717) is 0 Å². The number of fused-ring (bicyclic) bond motifs is 2. The SMILES string of the molecule is Cc1ccc(-c2ccc(N3c4ccccc4C(C)(C)c4ccccc43)cc2C)c(C)c1. The maximum atomic E-state index is 2.43. The second-order valence-electron chi connectivity index (χ2n) is 9.31. The smallest absolute Gasteiger partial charge is 0.0502 e. The van der Waals surface area contributed by atoms with E-state index in [2.05, 4.69) is 124 Å². The topological polar surface area (TPSA) is 3.24 Å². The maximum absolute atomic E-state index is 2.43. The molecule has 0 aliphatic carbocycles. The Kier molecular flexibility index (Phi) is 4.51. The highest BCUT2D eigenvalue weighted by Gasteiger charge is 2.36. The van der Waals surface area contributed by atoms with Gasteiger partial charge in [-0.05, 0) is 78.4 Å². The fourth-order valence-electron chi connectivity index (χ4n) is 5.15. The van der Waals surface area contributed by atoms with Gasteiger partial charge in [-0.3, -0.25) is 0 Å². The van der Waals surface area contributed by atoms with Crippen molar-refractivity contribution in [2.45, 2.75) is 40.0 Å². The lowest BCUT2D eigenvalue weighted by molar-refractivity contribution is 0.632. The van der Waals surface area contributed by atoms with Crippen LogP contribution in [0.2, 0.25) is 0 Å². The molecule has 1 aliphatic heterocycles. The first-order chi connectivity index (χ1) is 14.9. The van der Waals surface area contributed by atoms with Crippen LogP contribution in [-0.4, -0.2) is 0 Å². The molecule has 1 heterocycles. The molecule has 0 radical (unpaired) electrons. The summed E-state index contributed by atoms with van der Waals surface area (Å²) in [7, 11) is 0. The zero-order chi connectivity index (χ0) is 21.8. The van der Waals surface area contributed by atoms with Crippen molar-refractivity contribution < 1.29 is 0 Å². The molecule has 0 N–H and O–H groups in total. The molecular formula is C30H29N. The number of rotatable bonds is 2. The van der Waals surface area contributed by atoms with Gasteiger partial charge in [0, 0.05) is 11.1 Å². The first-order valence-corrected chi connectivity index (χ1v) is 11.1. The van der Waals surface area contributed by atoms with Crippen molar-refractivity contribution in [1.29, 1.82) is 0 Å². The molecule has 0 aromatic heterocycles. The molecule has 0 amide bonds. The minimum atomic E-state index is -0.0301. The second-order valence-corrected chi connectivity index (χ2v) is 9.31. The summed E-state index contributed by atoms with van der Waals surface area (Å²) in [5.74, 6) is 0. The molecule has 4 aromatic rings. The number of anilines is 3. The summed E-state index contributed by atoms with van der Waals surface area (Å²) in [5.41, 5.74) is 13.0. The first-order valence-electron chi connectivity index (χ1n) is 11.1. The summed E-state index contributed by atoms with van der Waals surface area (Å²) in [6.45, 7) is 11.2. The van der Waals surface area contributed by atoms with Gasteiger partial charge < -0.3 is 4.90 Å². The molecule has 5 rings (SSSR count). The third-order valence-electron chi connectivity index (χ3n) is 6.78. The summed E-state index contributed by atoms with van der Waals surface area (Å²) in [5, 5.41) is 0. The number of hydrogen-bond donors (Lipinski definition) is 0. The van der Waals surface area contributed by atoms with Gasteiger partial charge in [0.05, 0.1) is 11.4 Å². The molecule has 0 bridgehead atoms. The van der Waals surface area contributed by atoms with E-state index in [1.54, 1.807) is 0 Å². The maximum Gasteiger partial charge on any atom is 0.0502 e. The number of nitrogens with zero attached hydrogens (tertiary/aromatic N) is 1. The van der Waals surface area contributed by atoms with Gasteiger partial charge in [-0.15, -0.1) is 0 Å². The van der Waals surface area contributed by atoms with Crippen LogP contribution in [-0.2, 0) is 5.41 Å². The normalized spacial score (nSPS) is 14.2. The Morgan fingerprint density at radius 1 is 0.581 bits per heavy atom. The molecular weight excluding hydrogens is 374 g/mol. The largest absolute Gasteiger partial charge is 0.310 e. The predicted octanol–water partition coefficient (Wildman–Crippen LogP) is 8.39. The molecule has 154 valence electrons. The molecule has 0 saturated heterocycles. The van der Waals surface area contributed by atoms with Crippen LogP contribution in [0.1, 0.15) is 41.7 Å². The van der Waals surface area contributed by atoms with Crippen LogP contribution in [0, 0.1) is 20.8 Å². The van der Waals surface area contributed by atoms with Gasteiger partial charge in [0.2, 0.25) is 0 Å². The molecule has 0 atom stereocenters. The van der Waals surface area contributed by atoms with E-state index in [1.165, 1.54) is 56.0 Å². The van der Waals surface area contributed by atoms with E-state index in [-0.39, 0.29) is 5.41 Å². The molecule has 0 unspecified atom stereocenters. The zero-order valence-electron chi connectivity index (χ0n) is 19.0. The van der Waals surface area contributed by atoms with E-state index in [1.807, 2.05) is 0 Å². The fraction of sp³-hybridized carbons (Fsp3) is 0.200. The van der Waals surface area contributed by atoms with Gasteiger partial charge in [-0.1, -0.05) is 80.1 Å². The van der Waals surface area contributed by atoms with Crippen LogP contribution < -0.4 is 4.90 Å². The lowest BCUT2D eigenvalue weighted by Gasteiger charge is -2.42. The zero-order valence-corrected chi connectivity index (χ0v) is 19.0. The highest BCUT2D eigenvalue weighted by Crippen LogP contribution is 2.51. The van der Waals surface area contributed by atoms with Crippen molar-refractivity contribution in [3.05, 3.63) is 113 Å². The van der Waals surface area contributed by atoms with Crippen molar-refractivity contribution >= 4 is 17.1 Å². The Morgan fingerprint density at radius 2 is 1.10 bits per heavy atom. The van der Waals surface area contributed by atoms with Crippen molar-refractivity contribution in [1.82, 2.24) is 0 Å². The molecule has 1 aliphatic rings. The van der Waals surface area contributed by atoms with Crippen LogP contribution in [0.4, 0.5) is 17.1 Å². The fourth-order valence-corrected chi connectivity index (χ4v) is 5.15. The van der Waals surface area contributed by atoms with E-state index in [0.717, 1.165) is 0 Å². The van der Waals surface area contributed by atoms with Crippen LogP contribution in [0.3, 0.4) is 0 Å². The summed E-state index contributed by atoms with van der Waals surface area (Å²) >= 11 is 0. The third-order valence-corrected chi connectivity index (χ3v) is 6.78. The number of hydrogen-bond acceptors (Lipinski definition) is 1. The average molecular weight is 404 g/mol. The number of benzene rings is 4. The molecule has 1 heteroatoms. The lowest BCUT2D eigenvalue weighted by atomic mass is 9.73. The van der Waals surface area contributed by atoms with Crippen LogP contribution >= 0.6 is 0 Å². The molecule has 0 spiro atoms. The van der Waals surface area contributed by atoms with Gasteiger partial charge in [0.25, 0.3) is 0 Å². The Hall–Kier alpha value is -3.32. The summed E-state index contributed by atoms with van der Waals surface area (Å²) in [4.78, 5) is 2.43. The Morgan fingerprint density at radius 3 is 1.65 bits per heavy atom. The van der Waals surface area contributed by atoms with Gasteiger partial charge in [0.1, 0.15) is 0 Å². The van der Waals surface area contributed by atoms with E-state index in [9.17, 15) is 0 Å². The van der Waals surface area contributed by atoms with Gasteiger partial charge in [0.15, 0.2) is 0 Å². The second kappa shape index (κ2) is 7.13. The van der Waals surface area contributed by atoms with Gasteiger partial charge in [-0.2, -0.15) is 0 Å². The van der Waals surface area contributed by atoms with Crippen molar-refractivity contribution in [3.63, 3.8) is 0 Å².